The molecule has 162 valence electrons. The predicted octanol–water partition coefficient (Wildman–Crippen LogP) is 4.59. The third-order valence-electron chi connectivity index (χ3n) is 3.70. The first-order chi connectivity index (χ1) is 14.2. The molecule has 0 spiro atoms. The van der Waals surface area contributed by atoms with E-state index in [1.165, 1.54) is 30.3 Å². The van der Waals surface area contributed by atoms with E-state index in [2.05, 4.69) is 10.3 Å². The highest BCUT2D eigenvalue weighted by Crippen LogP contribution is 2.39. The van der Waals surface area contributed by atoms with Crippen LogP contribution in [0, 0.1) is 0 Å². The molecule has 1 heterocycles. The number of anilines is 1. The number of nitrogens with two attached hydrogens (primary N) is 1. The van der Waals surface area contributed by atoms with Crippen LogP contribution in [0.1, 0.15) is 19.4 Å². The first-order valence-corrected chi connectivity index (χ1v) is 10.6. The Morgan fingerprint density at radius 2 is 1.60 bits per heavy atom. The molecule has 0 aliphatic rings. The van der Waals surface area contributed by atoms with Crippen molar-refractivity contribution in [2.75, 3.05) is 18.4 Å². The molecule has 3 N–H and O–H groups in total. The molecule has 0 unspecified atom stereocenters. The van der Waals surface area contributed by atoms with Crippen molar-refractivity contribution in [3.8, 4) is 11.5 Å². The monoisotopic (exact) mass is 441 g/mol. The molecule has 0 saturated carbocycles. The standard InChI is InChI=1S/C18H15F3N2O3S.C2H7N/c1-2-22-16-17(27(24,25)12-8-4-3-5-9-12)23-15(26-16)13-10-6-7-11-14(13)18(19,20)21;1-2-3/h3-11,22H,2H2,1H3;2-3H2,1H3. The lowest BCUT2D eigenvalue weighted by atomic mass is 10.1. The molecule has 0 atom stereocenters. The van der Waals surface area contributed by atoms with E-state index in [-0.39, 0.29) is 16.3 Å². The molecule has 0 aliphatic carbocycles. The van der Waals surface area contributed by atoms with Gasteiger partial charge in [-0.3, -0.25) is 0 Å². The fourth-order valence-electron chi connectivity index (χ4n) is 2.50. The first kappa shape index (κ1) is 23.4. The number of alkyl halides is 3. The van der Waals surface area contributed by atoms with Crippen LogP contribution in [0.2, 0.25) is 0 Å². The minimum Gasteiger partial charge on any atom is -0.419 e. The molecule has 2 aromatic carbocycles. The van der Waals surface area contributed by atoms with Crippen LogP contribution in [-0.2, 0) is 16.0 Å². The van der Waals surface area contributed by atoms with Crippen LogP contribution in [0.15, 0.2) is 68.9 Å². The van der Waals surface area contributed by atoms with Crippen LogP contribution in [0.25, 0.3) is 11.5 Å². The Hall–Kier alpha value is -2.85. The average Bonchev–Trinajstić information content (AvgIpc) is 3.14. The molecule has 3 aromatic rings. The maximum atomic E-state index is 13.3. The van der Waals surface area contributed by atoms with Gasteiger partial charge >= 0.3 is 6.18 Å². The van der Waals surface area contributed by atoms with Gasteiger partial charge in [0.1, 0.15) is 0 Å². The van der Waals surface area contributed by atoms with Crippen molar-refractivity contribution in [1.29, 1.82) is 0 Å². The number of sulfone groups is 1. The van der Waals surface area contributed by atoms with E-state index in [1.54, 1.807) is 25.1 Å². The van der Waals surface area contributed by atoms with Crippen LogP contribution in [0.5, 0.6) is 0 Å². The van der Waals surface area contributed by atoms with Crippen molar-refractivity contribution >= 4 is 15.7 Å². The number of rotatable bonds is 5. The minimum absolute atomic E-state index is 0.0342. The van der Waals surface area contributed by atoms with E-state index in [0.717, 1.165) is 12.6 Å². The number of hydrogen-bond acceptors (Lipinski definition) is 6. The molecule has 30 heavy (non-hydrogen) atoms. The van der Waals surface area contributed by atoms with Gasteiger partial charge in [0.05, 0.1) is 10.5 Å². The summed E-state index contributed by atoms with van der Waals surface area (Å²) in [6, 6.07) is 12.2. The summed E-state index contributed by atoms with van der Waals surface area (Å²) in [6.45, 7) is 4.65. The molecule has 0 saturated heterocycles. The van der Waals surface area contributed by atoms with Crippen LogP contribution in [0.4, 0.5) is 19.1 Å². The topological polar surface area (TPSA) is 98.2 Å². The van der Waals surface area contributed by atoms with Crippen molar-refractivity contribution in [3.63, 3.8) is 0 Å². The highest BCUT2D eigenvalue weighted by atomic mass is 32.2. The van der Waals surface area contributed by atoms with Gasteiger partial charge in [-0.2, -0.15) is 18.2 Å². The maximum absolute atomic E-state index is 13.3. The number of nitrogens with zero attached hydrogens (tertiary/aromatic N) is 1. The zero-order valence-electron chi connectivity index (χ0n) is 16.4. The molecule has 0 amide bonds. The third kappa shape index (κ3) is 5.19. The first-order valence-electron chi connectivity index (χ1n) is 9.08. The summed E-state index contributed by atoms with van der Waals surface area (Å²) in [5.74, 6) is -0.623. The van der Waals surface area contributed by atoms with Gasteiger partial charge in [-0.1, -0.05) is 37.3 Å². The minimum atomic E-state index is -4.64. The lowest BCUT2D eigenvalue weighted by molar-refractivity contribution is -0.137. The lowest BCUT2D eigenvalue weighted by Gasteiger charge is -2.09. The summed E-state index contributed by atoms with van der Waals surface area (Å²) >= 11 is 0. The van der Waals surface area contributed by atoms with Gasteiger partial charge in [-0.05, 0) is 37.7 Å². The molecule has 0 bridgehead atoms. The van der Waals surface area contributed by atoms with Gasteiger partial charge < -0.3 is 15.5 Å². The van der Waals surface area contributed by atoms with Crippen molar-refractivity contribution in [2.24, 2.45) is 5.73 Å². The molecule has 3 rings (SSSR count). The summed E-state index contributed by atoms with van der Waals surface area (Å²) in [7, 11) is -4.08. The molecule has 1 aromatic heterocycles. The molecule has 10 heteroatoms. The summed E-state index contributed by atoms with van der Waals surface area (Å²) in [5.41, 5.74) is 3.55. The van der Waals surface area contributed by atoms with E-state index in [9.17, 15) is 21.6 Å². The molecule has 0 radical (unpaired) electrons. The summed E-state index contributed by atoms with van der Waals surface area (Å²) in [4.78, 5) is 3.87. The number of benzene rings is 2. The van der Waals surface area contributed by atoms with Crippen LogP contribution < -0.4 is 11.1 Å². The zero-order valence-corrected chi connectivity index (χ0v) is 17.2. The van der Waals surface area contributed by atoms with Gasteiger partial charge in [0.25, 0.3) is 0 Å². The number of aromatic nitrogens is 1. The Kier molecular flexibility index (Phi) is 7.63. The normalized spacial score (nSPS) is 11.5. The van der Waals surface area contributed by atoms with Crippen molar-refractivity contribution in [3.05, 3.63) is 60.2 Å². The van der Waals surface area contributed by atoms with Crippen LogP contribution in [-0.4, -0.2) is 26.5 Å². The number of hydrogen-bond donors (Lipinski definition) is 2. The molecule has 0 fully saturated rings. The van der Waals surface area contributed by atoms with Gasteiger partial charge in [0.15, 0.2) is 0 Å². The Bertz CT molecular complexity index is 1070. The van der Waals surface area contributed by atoms with E-state index < -0.39 is 32.5 Å². The summed E-state index contributed by atoms with van der Waals surface area (Å²) in [6.07, 6.45) is -4.64. The fourth-order valence-corrected chi connectivity index (χ4v) is 3.80. The predicted molar refractivity (Wildman–Crippen MR) is 108 cm³/mol. The average molecular weight is 441 g/mol. The number of nitrogens with one attached hydrogen (secondary N) is 1. The van der Waals surface area contributed by atoms with Crippen LogP contribution >= 0.6 is 0 Å². The summed E-state index contributed by atoms with van der Waals surface area (Å²) < 4.78 is 71.0. The molecular weight excluding hydrogens is 419 g/mol. The van der Waals surface area contributed by atoms with E-state index in [0.29, 0.717) is 6.54 Å². The van der Waals surface area contributed by atoms with Gasteiger partial charge in [0, 0.05) is 12.1 Å². The number of oxazole rings is 1. The largest absolute Gasteiger partial charge is 0.419 e. The van der Waals surface area contributed by atoms with Crippen molar-refractivity contribution in [2.45, 2.75) is 29.9 Å². The van der Waals surface area contributed by atoms with Gasteiger partial charge in [-0.15, -0.1) is 0 Å². The second kappa shape index (κ2) is 9.77. The SMILES string of the molecule is CCN.CCNc1oc(-c2ccccc2C(F)(F)F)nc1S(=O)(=O)c1ccccc1. The van der Waals surface area contributed by atoms with Gasteiger partial charge in [-0.25, -0.2) is 8.42 Å². The highest BCUT2D eigenvalue weighted by molar-refractivity contribution is 7.91. The Balaban J connectivity index is 0.00000101. The van der Waals surface area contributed by atoms with E-state index >= 15 is 0 Å². The smallest absolute Gasteiger partial charge is 0.417 e. The quantitative estimate of drug-likeness (QED) is 0.601. The van der Waals surface area contributed by atoms with E-state index in [1.807, 2.05) is 6.92 Å². The molecular formula is C20H22F3N3O3S. The van der Waals surface area contributed by atoms with Crippen molar-refractivity contribution in [1.82, 2.24) is 4.98 Å². The third-order valence-corrected chi connectivity index (χ3v) is 5.38. The molecule has 0 aliphatic heterocycles. The van der Waals surface area contributed by atoms with Crippen molar-refractivity contribution < 1.29 is 26.0 Å². The number of halogens is 3. The lowest BCUT2D eigenvalue weighted by Crippen LogP contribution is -2.08. The van der Waals surface area contributed by atoms with E-state index in [4.69, 9.17) is 10.2 Å². The second-order valence-corrected chi connectivity index (χ2v) is 7.82. The maximum Gasteiger partial charge on any atom is 0.417 e. The summed E-state index contributed by atoms with van der Waals surface area (Å²) in [5, 5.41) is 2.25. The van der Waals surface area contributed by atoms with Gasteiger partial charge in [0.2, 0.25) is 26.6 Å². The van der Waals surface area contributed by atoms with Crippen LogP contribution in [0.3, 0.4) is 0 Å². The Labute approximate surface area is 172 Å². The Morgan fingerprint density at radius 3 is 2.17 bits per heavy atom. The molecule has 6 nitrogen and oxygen atoms in total. The Morgan fingerprint density at radius 1 is 1.03 bits per heavy atom. The fraction of sp³-hybridized carbons (Fsp3) is 0.250. The second-order valence-electron chi connectivity index (χ2n) is 5.95. The highest BCUT2D eigenvalue weighted by Gasteiger charge is 2.36. The zero-order chi connectivity index (χ0) is 22.4.